The van der Waals surface area contributed by atoms with Gasteiger partial charge >= 0.3 is 6.09 Å². The molecule has 1 atom stereocenters. The molecule has 1 heterocycles. The molecule has 5 nitrogen and oxygen atoms in total. The van der Waals surface area contributed by atoms with E-state index in [9.17, 15) is 4.79 Å². The third-order valence-electron chi connectivity index (χ3n) is 7.50. The molecule has 1 aliphatic heterocycles. The number of benzene rings is 3. The fourth-order valence-corrected chi connectivity index (χ4v) is 5.89. The van der Waals surface area contributed by atoms with Crippen LogP contribution in [0.15, 0.2) is 66.7 Å². The number of carbonyl (C=O) groups is 1. The van der Waals surface area contributed by atoms with Crippen LogP contribution >= 0.6 is 0 Å². The molecule has 174 valence electrons. The lowest BCUT2D eigenvalue weighted by Gasteiger charge is -2.38. The summed E-state index contributed by atoms with van der Waals surface area (Å²) in [5, 5.41) is 2.96. The van der Waals surface area contributed by atoms with E-state index in [-0.39, 0.29) is 5.92 Å². The summed E-state index contributed by atoms with van der Waals surface area (Å²) in [4.78, 5) is 15.3. The maximum atomic E-state index is 12.7. The van der Waals surface area contributed by atoms with E-state index in [0.29, 0.717) is 12.6 Å². The molecule has 0 radical (unpaired) electrons. The summed E-state index contributed by atoms with van der Waals surface area (Å²) >= 11 is 0. The van der Waals surface area contributed by atoms with Crippen molar-refractivity contribution in [2.45, 2.75) is 31.2 Å². The highest BCUT2D eigenvalue weighted by Gasteiger charge is 2.30. The second kappa shape index (κ2) is 9.24. The average molecular weight is 455 g/mol. The minimum Gasteiger partial charge on any atom is -0.448 e. The van der Waals surface area contributed by atoms with Crippen molar-refractivity contribution in [3.63, 3.8) is 0 Å². The molecule has 0 spiro atoms. The standard InChI is InChI=1S/C29H30N2O3/c32-29(34-19-27-25-9-3-1-7-23(25)24-8-2-4-10-26(24)27)30-21-12-13-22-20(18-21)6-5-11-28(22)31-14-16-33-17-15-31/h1-4,7-10,12-13,18,27-28H,5-6,11,14-17,19H2,(H,30,32). The molecule has 1 saturated heterocycles. The van der Waals surface area contributed by atoms with Gasteiger partial charge in [-0.15, -0.1) is 0 Å². The van der Waals surface area contributed by atoms with Crippen LogP contribution in [0.2, 0.25) is 0 Å². The summed E-state index contributed by atoms with van der Waals surface area (Å²) in [6, 6.07) is 23.6. The van der Waals surface area contributed by atoms with Crippen LogP contribution in [0, 0.1) is 0 Å². The van der Waals surface area contributed by atoms with Crippen molar-refractivity contribution in [2.75, 3.05) is 38.2 Å². The second-order valence-corrected chi connectivity index (χ2v) is 9.42. The summed E-state index contributed by atoms with van der Waals surface area (Å²) in [5.41, 5.74) is 8.44. The molecule has 1 amide bonds. The highest BCUT2D eigenvalue weighted by Crippen LogP contribution is 2.44. The van der Waals surface area contributed by atoms with Gasteiger partial charge in [0.2, 0.25) is 0 Å². The van der Waals surface area contributed by atoms with Crippen molar-refractivity contribution in [1.82, 2.24) is 4.90 Å². The van der Waals surface area contributed by atoms with Crippen LogP contribution in [0.5, 0.6) is 0 Å². The number of fused-ring (bicyclic) bond motifs is 4. The van der Waals surface area contributed by atoms with Gasteiger partial charge in [0, 0.05) is 30.7 Å². The minimum atomic E-state index is -0.401. The number of ether oxygens (including phenoxy) is 2. The zero-order valence-electron chi connectivity index (χ0n) is 19.3. The van der Waals surface area contributed by atoms with Gasteiger partial charge in [-0.1, -0.05) is 54.6 Å². The topological polar surface area (TPSA) is 50.8 Å². The van der Waals surface area contributed by atoms with Crippen LogP contribution < -0.4 is 5.32 Å². The Hall–Kier alpha value is -3.15. The second-order valence-electron chi connectivity index (χ2n) is 9.42. The fourth-order valence-electron chi connectivity index (χ4n) is 5.89. The Morgan fingerprint density at radius 3 is 2.38 bits per heavy atom. The lowest BCUT2D eigenvalue weighted by Crippen LogP contribution is -2.40. The fraction of sp³-hybridized carbons (Fsp3) is 0.345. The predicted octanol–water partition coefficient (Wildman–Crippen LogP) is 5.76. The van der Waals surface area contributed by atoms with Crippen LogP contribution in [0.1, 0.15) is 47.1 Å². The van der Waals surface area contributed by atoms with Gasteiger partial charge in [0.05, 0.1) is 13.2 Å². The number of nitrogens with one attached hydrogen (secondary N) is 1. The molecule has 3 aliphatic rings. The van der Waals surface area contributed by atoms with E-state index < -0.39 is 6.09 Å². The number of nitrogens with zero attached hydrogens (tertiary/aromatic N) is 1. The number of carbonyl (C=O) groups excluding carboxylic acids is 1. The summed E-state index contributed by atoms with van der Waals surface area (Å²) < 4.78 is 11.3. The van der Waals surface area contributed by atoms with Gasteiger partial charge in [0.25, 0.3) is 0 Å². The molecular formula is C29H30N2O3. The van der Waals surface area contributed by atoms with Crippen LogP contribution in [0.3, 0.4) is 0 Å². The third-order valence-corrected chi connectivity index (χ3v) is 7.50. The van der Waals surface area contributed by atoms with Gasteiger partial charge in [-0.05, 0) is 64.8 Å². The van der Waals surface area contributed by atoms with Crippen molar-refractivity contribution in [1.29, 1.82) is 0 Å². The molecule has 2 aliphatic carbocycles. The number of rotatable bonds is 4. The Morgan fingerprint density at radius 2 is 1.65 bits per heavy atom. The third kappa shape index (κ3) is 3.99. The molecular weight excluding hydrogens is 424 g/mol. The summed E-state index contributed by atoms with van der Waals surface area (Å²) in [5.74, 6) is 0.0657. The summed E-state index contributed by atoms with van der Waals surface area (Å²) in [6.45, 7) is 3.93. The number of anilines is 1. The molecule has 0 bridgehead atoms. The lowest BCUT2D eigenvalue weighted by molar-refractivity contribution is 0.0124. The molecule has 34 heavy (non-hydrogen) atoms. The first-order valence-electron chi connectivity index (χ1n) is 12.3. The molecule has 1 fully saturated rings. The predicted molar refractivity (Wildman–Crippen MR) is 133 cm³/mol. The van der Waals surface area contributed by atoms with Crippen LogP contribution in [0.25, 0.3) is 11.1 Å². The summed E-state index contributed by atoms with van der Waals surface area (Å²) in [6.07, 6.45) is 3.01. The Balaban J connectivity index is 1.13. The SMILES string of the molecule is O=C(Nc1ccc2c(c1)CCCC2N1CCOCC1)OCC1c2ccccc2-c2ccccc21. The average Bonchev–Trinajstić information content (AvgIpc) is 3.21. The summed E-state index contributed by atoms with van der Waals surface area (Å²) in [7, 11) is 0. The Bertz CT molecular complexity index is 1160. The van der Waals surface area contributed by atoms with E-state index in [0.717, 1.165) is 38.4 Å². The number of hydrogen-bond donors (Lipinski definition) is 1. The molecule has 0 aromatic heterocycles. The number of amides is 1. The van der Waals surface area contributed by atoms with Crippen LogP contribution in [-0.2, 0) is 15.9 Å². The van der Waals surface area contributed by atoms with Crippen molar-refractivity contribution in [3.8, 4) is 11.1 Å². The minimum absolute atomic E-state index is 0.0657. The molecule has 1 unspecified atom stereocenters. The smallest absolute Gasteiger partial charge is 0.411 e. The highest BCUT2D eigenvalue weighted by molar-refractivity contribution is 5.85. The molecule has 3 aromatic carbocycles. The van der Waals surface area contributed by atoms with Gasteiger partial charge in [0.15, 0.2) is 0 Å². The van der Waals surface area contributed by atoms with Crippen molar-refractivity contribution in [2.24, 2.45) is 0 Å². The molecule has 6 rings (SSSR count). The van der Waals surface area contributed by atoms with E-state index in [1.807, 2.05) is 6.07 Å². The molecule has 5 heteroatoms. The van der Waals surface area contributed by atoms with Gasteiger partial charge in [-0.2, -0.15) is 0 Å². The zero-order chi connectivity index (χ0) is 22.9. The Labute approximate surface area is 200 Å². The van der Waals surface area contributed by atoms with Gasteiger partial charge < -0.3 is 9.47 Å². The number of morpholine rings is 1. The van der Waals surface area contributed by atoms with E-state index in [1.165, 1.54) is 46.2 Å². The normalized spacial score (nSPS) is 19.7. The first kappa shape index (κ1) is 21.4. The first-order valence-corrected chi connectivity index (χ1v) is 12.3. The lowest BCUT2D eigenvalue weighted by atomic mass is 9.86. The van der Waals surface area contributed by atoms with Crippen LogP contribution in [0.4, 0.5) is 10.5 Å². The van der Waals surface area contributed by atoms with E-state index >= 15 is 0 Å². The van der Waals surface area contributed by atoms with Gasteiger partial charge in [0.1, 0.15) is 6.61 Å². The van der Waals surface area contributed by atoms with E-state index in [2.05, 4.69) is 70.9 Å². The Morgan fingerprint density at radius 1 is 0.941 bits per heavy atom. The number of hydrogen-bond acceptors (Lipinski definition) is 4. The molecule has 1 N–H and O–H groups in total. The largest absolute Gasteiger partial charge is 0.448 e. The molecule has 0 saturated carbocycles. The van der Waals surface area contributed by atoms with Gasteiger partial charge in [-0.25, -0.2) is 4.79 Å². The first-order chi connectivity index (χ1) is 16.8. The zero-order valence-corrected chi connectivity index (χ0v) is 19.3. The van der Waals surface area contributed by atoms with Crippen molar-refractivity contribution in [3.05, 3.63) is 89.0 Å². The highest BCUT2D eigenvalue weighted by atomic mass is 16.5. The molecule has 3 aromatic rings. The van der Waals surface area contributed by atoms with Crippen molar-refractivity contribution >= 4 is 11.8 Å². The quantitative estimate of drug-likeness (QED) is 0.545. The maximum Gasteiger partial charge on any atom is 0.411 e. The van der Waals surface area contributed by atoms with E-state index in [1.54, 1.807) is 0 Å². The van der Waals surface area contributed by atoms with Gasteiger partial charge in [-0.3, -0.25) is 10.2 Å². The van der Waals surface area contributed by atoms with E-state index in [4.69, 9.17) is 9.47 Å². The maximum absolute atomic E-state index is 12.7. The van der Waals surface area contributed by atoms with Crippen molar-refractivity contribution < 1.29 is 14.3 Å². The monoisotopic (exact) mass is 454 g/mol. The Kier molecular flexibility index (Phi) is 5.81. The van der Waals surface area contributed by atoms with Crippen LogP contribution in [-0.4, -0.2) is 43.9 Å². The number of aryl methyl sites for hydroxylation is 1.